The molecule has 0 radical (unpaired) electrons. The van der Waals surface area contributed by atoms with Crippen LogP contribution < -0.4 is 20.7 Å². The number of rotatable bonds is 8. The van der Waals surface area contributed by atoms with Gasteiger partial charge in [0.15, 0.2) is 0 Å². The smallest absolute Gasteiger partial charge is 0.319 e. The summed E-state index contributed by atoms with van der Waals surface area (Å²) in [5.74, 6) is 0.802. The van der Waals surface area contributed by atoms with Crippen LogP contribution in [0.3, 0.4) is 0 Å². The third kappa shape index (κ3) is 6.23. The summed E-state index contributed by atoms with van der Waals surface area (Å²) < 4.78 is 5.15. The van der Waals surface area contributed by atoms with Crippen LogP contribution in [0, 0.1) is 6.92 Å². The molecule has 3 N–H and O–H groups in total. The molecule has 0 spiro atoms. The van der Waals surface area contributed by atoms with Gasteiger partial charge in [-0.1, -0.05) is 30.3 Å². The second-order valence-electron chi connectivity index (χ2n) is 8.59. The molecule has 4 rings (SSSR count). The van der Waals surface area contributed by atoms with Gasteiger partial charge in [0.25, 0.3) is 0 Å². The number of carbonyl (C=O) groups is 2. The molecule has 1 aliphatic heterocycles. The Bertz CT molecular complexity index is 1150. The van der Waals surface area contributed by atoms with Crippen molar-refractivity contribution < 1.29 is 14.3 Å². The average Bonchev–Trinajstić information content (AvgIpc) is 3.26. The Balaban J connectivity index is 1.18. The van der Waals surface area contributed by atoms with Gasteiger partial charge in [0.1, 0.15) is 5.75 Å². The van der Waals surface area contributed by atoms with Crippen molar-refractivity contribution in [1.82, 2.24) is 20.5 Å². The van der Waals surface area contributed by atoms with Gasteiger partial charge in [-0.2, -0.15) is 0 Å². The number of likely N-dealkylation sites (tertiary alicyclic amines) is 1. The maximum Gasteiger partial charge on any atom is 0.319 e. The highest BCUT2D eigenvalue weighted by molar-refractivity contribution is 6.00. The van der Waals surface area contributed by atoms with Crippen LogP contribution in [0.2, 0.25) is 0 Å². The van der Waals surface area contributed by atoms with Crippen molar-refractivity contribution in [2.75, 3.05) is 38.6 Å². The van der Waals surface area contributed by atoms with E-state index in [-0.39, 0.29) is 18.0 Å². The van der Waals surface area contributed by atoms with Gasteiger partial charge in [-0.25, -0.2) is 4.79 Å². The van der Waals surface area contributed by atoms with Crippen molar-refractivity contribution in [2.24, 2.45) is 0 Å². The van der Waals surface area contributed by atoms with Crippen molar-refractivity contribution in [1.29, 1.82) is 0 Å². The van der Waals surface area contributed by atoms with Gasteiger partial charge in [-0.3, -0.25) is 14.7 Å². The fraction of sp³-hybridized carbons (Fsp3) is 0.346. The first-order valence-corrected chi connectivity index (χ1v) is 11.6. The lowest BCUT2D eigenvalue weighted by atomic mass is 10.1. The highest BCUT2D eigenvalue weighted by Crippen LogP contribution is 2.22. The minimum atomic E-state index is -0.237. The molecule has 0 saturated carbocycles. The van der Waals surface area contributed by atoms with E-state index in [1.807, 2.05) is 61.5 Å². The summed E-state index contributed by atoms with van der Waals surface area (Å²) in [6.07, 6.45) is 1.26. The number of carbonyl (C=O) groups excluding carboxylic acids is 2. The number of aryl methyl sites for hydroxylation is 1. The van der Waals surface area contributed by atoms with Crippen LogP contribution in [0.1, 0.15) is 17.7 Å². The van der Waals surface area contributed by atoms with E-state index < -0.39 is 0 Å². The number of urea groups is 1. The maximum atomic E-state index is 12.4. The Morgan fingerprint density at radius 1 is 1.15 bits per heavy atom. The molecule has 34 heavy (non-hydrogen) atoms. The molecule has 1 aromatic heterocycles. The van der Waals surface area contributed by atoms with Crippen LogP contribution in [0.5, 0.6) is 5.75 Å². The fourth-order valence-electron chi connectivity index (χ4n) is 4.27. The molecule has 3 aromatic rings. The summed E-state index contributed by atoms with van der Waals surface area (Å²) in [5, 5.41) is 9.91. The third-order valence-electron chi connectivity index (χ3n) is 5.97. The Labute approximate surface area is 199 Å². The molecular formula is C26H31N5O3. The highest BCUT2D eigenvalue weighted by atomic mass is 16.5. The number of anilines is 1. The van der Waals surface area contributed by atoms with Gasteiger partial charge in [0, 0.05) is 43.3 Å². The van der Waals surface area contributed by atoms with E-state index in [0.717, 1.165) is 59.7 Å². The number of ether oxygens (including phenoxy) is 1. The Hall–Kier alpha value is -3.65. The van der Waals surface area contributed by atoms with E-state index >= 15 is 0 Å². The summed E-state index contributed by atoms with van der Waals surface area (Å²) in [7, 11) is 1.62. The molecule has 0 aliphatic carbocycles. The van der Waals surface area contributed by atoms with Crippen LogP contribution in [0.4, 0.5) is 10.5 Å². The monoisotopic (exact) mass is 461 g/mol. The minimum Gasteiger partial charge on any atom is -0.497 e. The maximum absolute atomic E-state index is 12.4. The number of fused-ring (bicyclic) bond motifs is 1. The molecule has 2 aromatic carbocycles. The van der Waals surface area contributed by atoms with E-state index in [2.05, 4.69) is 25.8 Å². The molecule has 1 aliphatic rings. The van der Waals surface area contributed by atoms with Crippen molar-refractivity contribution in [2.45, 2.75) is 25.8 Å². The zero-order valence-corrected chi connectivity index (χ0v) is 19.6. The number of methoxy groups -OCH3 is 1. The van der Waals surface area contributed by atoms with Crippen molar-refractivity contribution in [3.63, 3.8) is 0 Å². The number of hydrogen-bond donors (Lipinski definition) is 3. The highest BCUT2D eigenvalue weighted by Gasteiger charge is 2.23. The Kier molecular flexibility index (Phi) is 7.59. The molecule has 1 saturated heterocycles. The average molecular weight is 462 g/mol. The van der Waals surface area contributed by atoms with Gasteiger partial charge in [-0.05, 0) is 43.2 Å². The first-order valence-electron chi connectivity index (χ1n) is 11.6. The quantitative estimate of drug-likeness (QED) is 0.479. The normalized spacial score (nSPS) is 15.8. The third-order valence-corrected chi connectivity index (χ3v) is 5.97. The second-order valence-corrected chi connectivity index (χ2v) is 8.59. The number of hydrogen-bond acceptors (Lipinski definition) is 5. The Morgan fingerprint density at radius 3 is 2.74 bits per heavy atom. The Morgan fingerprint density at radius 2 is 1.94 bits per heavy atom. The number of benzene rings is 2. The van der Waals surface area contributed by atoms with E-state index in [1.165, 1.54) is 0 Å². The van der Waals surface area contributed by atoms with Crippen LogP contribution in [0.25, 0.3) is 10.9 Å². The topological polar surface area (TPSA) is 95.6 Å². The SMILES string of the molecule is COc1ccc(CC(=O)NC2CCN(CCNC(=O)Nc3cc(C)nc4ccccc34)C2)cc1. The second kappa shape index (κ2) is 11.0. The number of nitrogens with one attached hydrogen (secondary N) is 3. The van der Waals surface area contributed by atoms with Crippen LogP contribution >= 0.6 is 0 Å². The van der Waals surface area contributed by atoms with E-state index in [9.17, 15) is 9.59 Å². The predicted molar refractivity (Wildman–Crippen MR) is 133 cm³/mol. The summed E-state index contributed by atoms with van der Waals surface area (Å²) in [5.41, 5.74) is 3.42. The summed E-state index contributed by atoms with van der Waals surface area (Å²) in [6.45, 7) is 4.85. The first-order chi connectivity index (χ1) is 16.5. The van der Waals surface area contributed by atoms with Gasteiger partial charge >= 0.3 is 6.03 Å². The van der Waals surface area contributed by atoms with E-state index in [1.54, 1.807) is 7.11 Å². The summed E-state index contributed by atoms with van der Waals surface area (Å²) in [6, 6.07) is 17.1. The molecule has 8 heteroatoms. The van der Waals surface area contributed by atoms with E-state index in [0.29, 0.717) is 13.0 Å². The van der Waals surface area contributed by atoms with Crippen LogP contribution in [-0.4, -0.2) is 61.2 Å². The lowest BCUT2D eigenvalue weighted by Gasteiger charge is -2.17. The molecule has 0 bridgehead atoms. The number of para-hydroxylation sites is 1. The standard InChI is InChI=1S/C26H31N5O3/c1-18-15-24(22-5-3-4-6-23(22)28-18)30-26(33)27-12-14-31-13-11-20(17-31)29-25(32)16-19-7-9-21(34-2)10-8-19/h3-10,15,20H,11-14,16-17H2,1-2H3,(H,29,32)(H2,27,28,30,33). The van der Waals surface area contributed by atoms with Gasteiger partial charge in [0.05, 0.1) is 24.7 Å². The van der Waals surface area contributed by atoms with Crippen molar-refractivity contribution >= 4 is 28.5 Å². The predicted octanol–water partition coefficient (Wildman–Crippen LogP) is 3.11. The van der Waals surface area contributed by atoms with Gasteiger partial charge in [0.2, 0.25) is 5.91 Å². The number of aromatic nitrogens is 1. The molecule has 2 heterocycles. The van der Waals surface area contributed by atoms with Gasteiger partial charge in [-0.15, -0.1) is 0 Å². The zero-order valence-electron chi connectivity index (χ0n) is 19.6. The summed E-state index contributed by atoms with van der Waals surface area (Å²) in [4.78, 5) is 31.6. The molecule has 8 nitrogen and oxygen atoms in total. The lowest BCUT2D eigenvalue weighted by Crippen LogP contribution is -2.40. The number of pyridine rings is 1. The molecule has 178 valence electrons. The summed E-state index contributed by atoms with van der Waals surface area (Å²) >= 11 is 0. The zero-order chi connectivity index (χ0) is 23.9. The first kappa shape index (κ1) is 23.5. The minimum absolute atomic E-state index is 0.0226. The van der Waals surface area contributed by atoms with Crippen LogP contribution in [-0.2, 0) is 11.2 Å². The molecule has 1 unspecified atom stereocenters. The number of nitrogens with zero attached hydrogens (tertiary/aromatic N) is 2. The van der Waals surface area contributed by atoms with E-state index in [4.69, 9.17) is 4.74 Å². The van der Waals surface area contributed by atoms with Crippen molar-refractivity contribution in [3.05, 3.63) is 65.9 Å². The molecule has 1 fully saturated rings. The molecule has 3 amide bonds. The fourth-order valence-corrected chi connectivity index (χ4v) is 4.27. The lowest BCUT2D eigenvalue weighted by molar-refractivity contribution is -0.121. The van der Waals surface area contributed by atoms with Crippen molar-refractivity contribution in [3.8, 4) is 5.75 Å². The van der Waals surface area contributed by atoms with Gasteiger partial charge < -0.3 is 20.7 Å². The molecule has 1 atom stereocenters. The number of amides is 3. The molecular weight excluding hydrogens is 430 g/mol. The largest absolute Gasteiger partial charge is 0.497 e. The van der Waals surface area contributed by atoms with Crippen LogP contribution in [0.15, 0.2) is 54.6 Å².